The lowest BCUT2D eigenvalue weighted by Crippen LogP contribution is -2.42. The predicted octanol–water partition coefficient (Wildman–Crippen LogP) is 3.63. The monoisotopic (exact) mass is 326 g/mol. The normalized spacial score (nSPS) is 13.0. The van der Waals surface area contributed by atoms with Gasteiger partial charge in [0, 0.05) is 6.04 Å². The van der Waals surface area contributed by atoms with Crippen LogP contribution in [0.2, 0.25) is 0 Å². The first kappa shape index (κ1) is 17.9. The molecule has 4 nitrogen and oxygen atoms in total. The number of para-hydroxylation sites is 2. The Hall–Kier alpha value is -2.49. The van der Waals surface area contributed by atoms with Gasteiger partial charge in [0.05, 0.1) is 12.8 Å². The number of anilines is 1. The molecule has 2 atom stereocenters. The molecule has 0 aromatic heterocycles. The molecule has 2 aromatic rings. The Kier molecular flexibility index (Phi) is 6.67. The maximum Gasteiger partial charge on any atom is 0.242 e. The smallest absolute Gasteiger partial charge is 0.242 e. The minimum absolute atomic E-state index is 0.0125. The summed E-state index contributed by atoms with van der Waals surface area (Å²) in [6, 6.07) is 17.7. The number of aryl methyl sites for hydroxylation is 1. The molecule has 0 saturated carbocycles. The highest BCUT2D eigenvalue weighted by atomic mass is 16.5. The number of carbonyl (C=O) groups excluding carboxylic acids is 1. The molecule has 1 amide bonds. The zero-order chi connectivity index (χ0) is 17.4. The summed E-state index contributed by atoms with van der Waals surface area (Å²) in [5.41, 5.74) is 2.11. The van der Waals surface area contributed by atoms with Crippen LogP contribution in [-0.4, -0.2) is 25.1 Å². The highest BCUT2D eigenvalue weighted by Crippen LogP contribution is 2.23. The van der Waals surface area contributed by atoms with Crippen LogP contribution in [0, 0.1) is 0 Å². The van der Waals surface area contributed by atoms with E-state index in [0.29, 0.717) is 0 Å². The van der Waals surface area contributed by atoms with Gasteiger partial charge in [-0.1, -0.05) is 42.5 Å². The third-order valence-corrected chi connectivity index (χ3v) is 3.97. The van der Waals surface area contributed by atoms with Crippen molar-refractivity contribution < 1.29 is 9.53 Å². The maximum atomic E-state index is 12.4. The molecule has 0 aliphatic heterocycles. The molecule has 0 aliphatic rings. The number of amides is 1. The molecule has 2 N–H and O–H groups in total. The molecule has 0 aliphatic carbocycles. The standard InChI is InChI=1S/C20H26N2O2/c1-15(13-14-17-9-5-4-6-10-17)21-20(23)16(2)22-18-11-7-8-12-19(18)24-3/h4-12,15-16,22H,13-14H2,1-3H3,(H,21,23)/t15-,16+/m1/s1. The van der Waals surface area contributed by atoms with Crippen LogP contribution in [0.3, 0.4) is 0 Å². The van der Waals surface area contributed by atoms with Crippen LogP contribution in [-0.2, 0) is 11.2 Å². The summed E-state index contributed by atoms with van der Waals surface area (Å²) in [5.74, 6) is 0.718. The molecule has 0 unspecified atom stereocenters. The van der Waals surface area contributed by atoms with Crippen molar-refractivity contribution in [1.29, 1.82) is 0 Å². The number of nitrogens with one attached hydrogen (secondary N) is 2. The summed E-state index contributed by atoms with van der Waals surface area (Å²) < 4.78 is 5.30. The van der Waals surface area contributed by atoms with E-state index in [2.05, 4.69) is 22.8 Å². The van der Waals surface area contributed by atoms with E-state index >= 15 is 0 Å². The van der Waals surface area contributed by atoms with Gasteiger partial charge in [-0.2, -0.15) is 0 Å². The molecule has 0 radical (unpaired) electrons. The average Bonchev–Trinajstić information content (AvgIpc) is 2.61. The van der Waals surface area contributed by atoms with Crippen molar-refractivity contribution >= 4 is 11.6 Å². The Bertz CT molecular complexity index is 643. The Morgan fingerprint density at radius 1 is 1.04 bits per heavy atom. The Balaban J connectivity index is 1.82. The second kappa shape index (κ2) is 8.96. The third-order valence-electron chi connectivity index (χ3n) is 3.97. The van der Waals surface area contributed by atoms with Crippen LogP contribution in [0.1, 0.15) is 25.8 Å². The van der Waals surface area contributed by atoms with Gasteiger partial charge in [0.2, 0.25) is 5.91 Å². The summed E-state index contributed by atoms with van der Waals surface area (Å²) in [5, 5.41) is 6.27. The fraction of sp³-hybridized carbons (Fsp3) is 0.350. The molecule has 0 bridgehead atoms. The second-order valence-electron chi connectivity index (χ2n) is 6.00. The predicted molar refractivity (Wildman–Crippen MR) is 98.4 cm³/mol. The first-order chi connectivity index (χ1) is 11.6. The maximum absolute atomic E-state index is 12.4. The largest absolute Gasteiger partial charge is 0.495 e. The van der Waals surface area contributed by atoms with E-state index in [1.807, 2.05) is 56.3 Å². The highest BCUT2D eigenvalue weighted by molar-refractivity contribution is 5.84. The number of benzene rings is 2. The van der Waals surface area contributed by atoms with E-state index in [1.54, 1.807) is 7.11 Å². The van der Waals surface area contributed by atoms with Gasteiger partial charge < -0.3 is 15.4 Å². The number of ether oxygens (including phenoxy) is 1. The molecule has 2 aromatic carbocycles. The van der Waals surface area contributed by atoms with Crippen LogP contribution in [0.5, 0.6) is 5.75 Å². The summed E-state index contributed by atoms with van der Waals surface area (Å²) in [4.78, 5) is 12.4. The van der Waals surface area contributed by atoms with Crippen LogP contribution >= 0.6 is 0 Å². The molecule has 128 valence electrons. The molecular formula is C20H26N2O2. The lowest BCUT2D eigenvalue weighted by atomic mass is 10.1. The number of rotatable bonds is 8. The molecule has 2 rings (SSSR count). The van der Waals surface area contributed by atoms with E-state index < -0.39 is 0 Å². The van der Waals surface area contributed by atoms with Gasteiger partial charge in [-0.3, -0.25) is 4.79 Å². The van der Waals surface area contributed by atoms with Crippen LogP contribution in [0.25, 0.3) is 0 Å². The van der Waals surface area contributed by atoms with E-state index in [-0.39, 0.29) is 18.0 Å². The van der Waals surface area contributed by atoms with Gasteiger partial charge in [-0.25, -0.2) is 0 Å². The number of hydrogen-bond donors (Lipinski definition) is 2. The van der Waals surface area contributed by atoms with Gasteiger partial charge in [-0.05, 0) is 44.4 Å². The van der Waals surface area contributed by atoms with Crippen LogP contribution in [0.15, 0.2) is 54.6 Å². The first-order valence-electron chi connectivity index (χ1n) is 8.34. The zero-order valence-electron chi connectivity index (χ0n) is 14.6. The molecule has 0 fully saturated rings. The van der Waals surface area contributed by atoms with Crippen LogP contribution in [0.4, 0.5) is 5.69 Å². The fourth-order valence-corrected chi connectivity index (χ4v) is 2.53. The summed E-state index contributed by atoms with van der Waals surface area (Å²) in [6.45, 7) is 3.89. The molecule has 0 saturated heterocycles. The number of carbonyl (C=O) groups is 1. The van der Waals surface area contributed by atoms with Gasteiger partial charge in [0.25, 0.3) is 0 Å². The van der Waals surface area contributed by atoms with Crippen molar-refractivity contribution in [3.8, 4) is 5.75 Å². The van der Waals surface area contributed by atoms with Gasteiger partial charge >= 0.3 is 0 Å². The Morgan fingerprint density at radius 2 is 1.71 bits per heavy atom. The number of methoxy groups -OCH3 is 1. The van der Waals surface area contributed by atoms with Gasteiger partial charge in [0.15, 0.2) is 0 Å². The number of hydrogen-bond acceptors (Lipinski definition) is 3. The van der Waals surface area contributed by atoms with E-state index in [4.69, 9.17) is 4.74 Å². The Labute approximate surface area is 144 Å². The van der Waals surface area contributed by atoms with E-state index in [0.717, 1.165) is 24.3 Å². The molecule has 4 heteroatoms. The molecule has 0 spiro atoms. The third kappa shape index (κ3) is 5.30. The minimum Gasteiger partial charge on any atom is -0.495 e. The summed E-state index contributed by atoms with van der Waals surface area (Å²) in [7, 11) is 1.62. The molecule has 0 heterocycles. The van der Waals surface area contributed by atoms with Crippen molar-refractivity contribution in [3.63, 3.8) is 0 Å². The minimum atomic E-state index is -0.333. The quantitative estimate of drug-likeness (QED) is 0.779. The van der Waals surface area contributed by atoms with Gasteiger partial charge in [0.1, 0.15) is 11.8 Å². The van der Waals surface area contributed by atoms with Crippen LogP contribution < -0.4 is 15.4 Å². The Morgan fingerprint density at radius 3 is 2.42 bits per heavy atom. The summed E-state index contributed by atoms with van der Waals surface area (Å²) in [6.07, 6.45) is 1.87. The lowest BCUT2D eigenvalue weighted by molar-refractivity contribution is -0.122. The molecular weight excluding hydrogens is 300 g/mol. The highest BCUT2D eigenvalue weighted by Gasteiger charge is 2.16. The zero-order valence-corrected chi connectivity index (χ0v) is 14.6. The van der Waals surface area contributed by atoms with E-state index in [1.165, 1.54) is 5.56 Å². The van der Waals surface area contributed by atoms with Crippen molar-refractivity contribution in [2.24, 2.45) is 0 Å². The van der Waals surface area contributed by atoms with Crippen molar-refractivity contribution in [3.05, 3.63) is 60.2 Å². The summed E-state index contributed by atoms with van der Waals surface area (Å²) >= 11 is 0. The van der Waals surface area contributed by atoms with Gasteiger partial charge in [-0.15, -0.1) is 0 Å². The fourth-order valence-electron chi connectivity index (χ4n) is 2.53. The van der Waals surface area contributed by atoms with Crippen molar-refractivity contribution in [1.82, 2.24) is 5.32 Å². The van der Waals surface area contributed by atoms with Crippen molar-refractivity contribution in [2.45, 2.75) is 38.8 Å². The average molecular weight is 326 g/mol. The van der Waals surface area contributed by atoms with E-state index in [9.17, 15) is 4.79 Å². The van der Waals surface area contributed by atoms with Crippen molar-refractivity contribution in [2.75, 3.05) is 12.4 Å². The SMILES string of the molecule is COc1ccccc1N[C@@H](C)C(=O)N[C@H](C)CCc1ccccc1. The lowest BCUT2D eigenvalue weighted by Gasteiger charge is -2.20. The topological polar surface area (TPSA) is 50.4 Å². The molecule has 24 heavy (non-hydrogen) atoms. The second-order valence-corrected chi connectivity index (χ2v) is 6.00. The first-order valence-corrected chi connectivity index (χ1v) is 8.34.